The summed E-state index contributed by atoms with van der Waals surface area (Å²) in [5, 5.41) is 13.1. The van der Waals surface area contributed by atoms with Crippen molar-refractivity contribution in [2.75, 3.05) is 13.1 Å². The molecule has 6 nitrogen and oxygen atoms in total. The van der Waals surface area contributed by atoms with Gasteiger partial charge in [-0.1, -0.05) is 6.08 Å². The Balaban J connectivity index is 1.66. The summed E-state index contributed by atoms with van der Waals surface area (Å²) in [7, 11) is 0. The van der Waals surface area contributed by atoms with Gasteiger partial charge in [-0.25, -0.2) is 4.98 Å². The lowest BCUT2D eigenvalue weighted by atomic mass is 10.0. The number of aromatic nitrogens is 5. The Kier molecular flexibility index (Phi) is 2.96. The number of hydrogen-bond acceptors (Lipinski definition) is 4. The lowest BCUT2D eigenvalue weighted by Crippen LogP contribution is -2.20. The first-order chi connectivity index (χ1) is 11.9. The van der Waals surface area contributed by atoms with Crippen LogP contribution < -0.4 is 5.32 Å². The SMILES string of the molecule is C1=C(c2cc3c(-c4cc5cccnc5[nH]4)n[nH]c3cn2)CCNC1. The summed E-state index contributed by atoms with van der Waals surface area (Å²) in [5.74, 6) is 0. The number of hydrogen-bond donors (Lipinski definition) is 3. The third-order valence-corrected chi connectivity index (χ3v) is 4.49. The molecular formula is C18H16N6. The summed E-state index contributed by atoms with van der Waals surface area (Å²) < 4.78 is 0. The van der Waals surface area contributed by atoms with Crippen LogP contribution in [0.5, 0.6) is 0 Å². The first-order valence-electron chi connectivity index (χ1n) is 8.07. The monoisotopic (exact) mass is 316 g/mol. The number of pyridine rings is 2. The molecule has 6 heteroatoms. The van der Waals surface area contributed by atoms with E-state index in [9.17, 15) is 0 Å². The highest BCUT2D eigenvalue weighted by Crippen LogP contribution is 2.29. The Bertz CT molecular complexity index is 1040. The fourth-order valence-corrected chi connectivity index (χ4v) is 3.24. The van der Waals surface area contributed by atoms with Crippen LogP contribution in [0.3, 0.4) is 0 Å². The molecule has 0 saturated heterocycles. The summed E-state index contributed by atoms with van der Waals surface area (Å²) >= 11 is 0. The predicted molar refractivity (Wildman–Crippen MR) is 94.4 cm³/mol. The molecule has 3 N–H and O–H groups in total. The minimum Gasteiger partial charge on any atom is -0.338 e. The molecule has 0 aromatic carbocycles. The van der Waals surface area contributed by atoms with Gasteiger partial charge in [0, 0.05) is 23.5 Å². The summed E-state index contributed by atoms with van der Waals surface area (Å²) in [6, 6.07) is 8.20. The van der Waals surface area contributed by atoms with Crippen molar-refractivity contribution in [2.24, 2.45) is 0 Å². The van der Waals surface area contributed by atoms with Gasteiger partial charge in [0.25, 0.3) is 0 Å². The van der Waals surface area contributed by atoms with E-state index in [4.69, 9.17) is 0 Å². The van der Waals surface area contributed by atoms with E-state index in [0.29, 0.717) is 0 Å². The number of nitrogens with one attached hydrogen (secondary N) is 3. The molecule has 0 unspecified atom stereocenters. The normalized spacial score (nSPS) is 15.1. The molecule has 1 aliphatic heterocycles. The van der Waals surface area contributed by atoms with Crippen LogP contribution in [0.1, 0.15) is 12.1 Å². The highest BCUT2D eigenvalue weighted by molar-refractivity contribution is 5.95. The Morgan fingerprint density at radius 2 is 2.12 bits per heavy atom. The zero-order valence-electron chi connectivity index (χ0n) is 13.0. The van der Waals surface area contributed by atoms with Crippen molar-refractivity contribution in [3.8, 4) is 11.4 Å². The largest absolute Gasteiger partial charge is 0.338 e. The van der Waals surface area contributed by atoms with Crippen molar-refractivity contribution < 1.29 is 0 Å². The van der Waals surface area contributed by atoms with Crippen molar-refractivity contribution in [1.29, 1.82) is 0 Å². The highest BCUT2D eigenvalue weighted by Gasteiger charge is 2.14. The maximum atomic E-state index is 4.59. The molecule has 24 heavy (non-hydrogen) atoms. The van der Waals surface area contributed by atoms with Gasteiger partial charge in [-0.3, -0.25) is 10.1 Å². The highest BCUT2D eigenvalue weighted by atomic mass is 15.1. The van der Waals surface area contributed by atoms with Crippen LogP contribution in [0.4, 0.5) is 0 Å². The summed E-state index contributed by atoms with van der Waals surface area (Å²) in [6.07, 6.45) is 6.87. The van der Waals surface area contributed by atoms with E-state index in [1.165, 1.54) is 5.57 Å². The lowest BCUT2D eigenvalue weighted by Gasteiger charge is -2.13. The second-order valence-electron chi connectivity index (χ2n) is 6.00. The Morgan fingerprint density at radius 1 is 1.12 bits per heavy atom. The van der Waals surface area contributed by atoms with Gasteiger partial charge < -0.3 is 10.3 Å². The fraction of sp³-hybridized carbons (Fsp3) is 0.167. The first-order valence-corrected chi connectivity index (χ1v) is 8.07. The van der Waals surface area contributed by atoms with E-state index in [1.54, 1.807) is 6.20 Å². The molecule has 0 spiro atoms. The number of fused-ring (bicyclic) bond motifs is 2. The van der Waals surface area contributed by atoms with Crippen molar-refractivity contribution >= 4 is 27.5 Å². The molecule has 0 saturated carbocycles. The van der Waals surface area contributed by atoms with Crippen LogP contribution in [-0.4, -0.2) is 38.2 Å². The number of H-pyrrole nitrogens is 2. The van der Waals surface area contributed by atoms with E-state index in [0.717, 1.165) is 58.5 Å². The van der Waals surface area contributed by atoms with Gasteiger partial charge in [0.15, 0.2) is 0 Å². The van der Waals surface area contributed by atoms with Gasteiger partial charge in [-0.2, -0.15) is 5.10 Å². The molecule has 0 fully saturated rings. The van der Waals surface area contributed by atoms with Crippen molar-refractivity contribution in [3.63, 3.8) is 0 Å². The van der Waals surface area contributed by atoms with Crippen LogP contribution in [0.25, 0.3) is 38.9 Å². The van der Waals surface area contributed by atoms with E-state index >= 15 is 0 Å². The first kappa shape index (κ1) is 13.4. The molecule has 118 valence electrons. The van der Waals surface area contributed by atoms with Gasteiger partial charge in [-0.15, -0.1) is 0 Å². The van der Waals surface area contributed by atoms with Crippen LogP contribution in [-0.2, 0) is 0 Å². The lowest BCUT2D eigenvalue weighted by molar-refractivity contribution is 0.737. The van der Waals surface area contributed by atoms with Crippen molar-refractivity contribution in [3.05, 3.63) is 48.4 Å². The molecule has 1 aliphatic rings. The van der Waals surface area contributed by atoms with Gasteiger partial charge in [0.05, 0.1) is 23.1 Å². The zero-order valence-corrected chi connectivity index (χ0v) is 13.0. The molecule has 0 aliphatic carbocycles. The average Bonchev–Trinajstić information content (AvgIpc) is 3.25. The molecule has 5 rings (SSSR count). The van der Waals surface area contributed by atoms with Gasteiger partial charge >= 0.3 is 0 Å². The Hall–Kier alpha value is -2.99. The number of aromatic amines is 2. The van der Waals surface area contributed by atoms with Gasteiger partial charge in [0.2, 0.25) is 0 Å². The molecular weight excluding hydrogens is 300 g/mol. The molecule has 0 atom stereocenters. The second-order valence-corrected chi connectivity index (χ2v) is 6.00. The molecule has 0 radical (unpaired) electrons. The molecule has 0 bridgehead atoms. The average molecular weight is 316 g/mol. The number of nitrogens with zero attached hydrogens (tertiary/aromatic N) is 3. The van der Waals surface area contributed by atoms with E-state index in [2.05, 4.69) is 48.7 Å². The summed E-state index contributed by atoms with van der Waals surface area (Å²) in [4.78, 5) is 12.3. The van der Waals surface area contributed by atoms with Crippen LogP contribution in [0.15, 0.2) is 42.7 Å². The quantitative estimate of drug-likeness (QED) is 0.531. The summed E-state index contributed by atoms with van der Waals surface area (Å²) in [6.45, 7) is 1.90. The fourth-order valence-electron chi connectivity index (χ4n) is 3.24. The van der Waals surface area contributed by atoms with Crippen LogP contribution >= 0.6 is 0 Å². The van der Waals surface area contributed by atoms with Crippen LogP contribution in [0.2, 0.25) is 0 Å². The van der Waals surface area contributed by atoms with Crippen molar-refractivity contribution in [2.45, 2.75) is 6.42 Å². The molecule has 4 aromatic heterocycles. The molecule has 4 aromatic rings. The second kappa shape index (κ2) is 5.28. The Labute approximate surface area is 138 Å². The third-order valence-electron chi connectivity index (χ3n) is 4.49. The van der Waals surface area contributed by atoms with Gasteiger partial charge in [0.1, 0.15) is 11.3 Å². The smallest absolute Gasteiger partial charge is 0.137 e. The van der Waals surface area contributed by atoms with Crippen LogP contribution in [0, 0.1) is 0 Å². The third kappa shape index (κ3) is 2.11. The maximum absolute atomic E-state index is 4.59. The van der Waals surface area contributed by atoms with E-state index in [-0.39, 0.29) is 0 Å². The standard InChI is InChI=1S/C18H16N6/c1-2-12-8-15(22-18(12)20-5-1)17-13-9-14(11-3-6-19-7-4-11)21-10-16(13)23-24-17/h1-3,5,8-10,19H,4,6-7H2,(H,20,22)(H,23,24). The summed E-state index contributed by atoms with van der Waals surface area (Å²) in [5.41, 5.74) is 6.00. The van der Waals surface area contributed by atoms with Gasteiger partial charge in [-0.05, 0) is 42.8 Å². The predicted octanol–water partition coefficient (Wildman–Crippen LogP) is 2.88. The van der Waals surface area contributed by atoms with Crippen molar-refractivity contribution in [1.82, 2.24) is 30.5 Å². The van der Waals surface area contributed by atoms with E-state index in [1.807, 2.05) is 18.3 Å². The Morgan fingerprint density at radius 3 is 3.00 bits per heavy atom. The minimum atomic E-state index is 0.874. The zero-order chi connectivity index (χ0) is 15.9. The minimum absolute atomic E-state index is 0.874. The number of rotatable bonds is 2. The molecule has 0 amide bonds. The maximum Gasteiger partial charge on any atom is 0.137 e. The van der Waals surface area contributed by atoms with E-state index < -0.39 is 0 Å². The topological polar surface area (TPSA) is 82.3 Å². The molecule has 5 heterocycles.